The molecule has 0 aromatic heterocycles. The second-order valence-corrected chi connectivity index (χ2v) is 5.47. The van der Waals surface area contributed by atoms with E-state index in [-0.39, 0.29) is 18.0 Å². The number of hydrogen-bond acceptors (Lipinski definition) is 4. The molecular weight excluding hydrogens is 286 g/mol. The highest BCUT2D eigenvalue weighted by Crippen LogP contribution is 2.25. The zero-order chi connectivity index (χ0) is 15.5. The number of carbonyl (C=O) groups excluding carboxylic acids is 2. The number of urea groups is 1. The monoisotopic (exact) mass is 305 g/mol. The molecule has 2 fully saturated rings. The zero-order valence-corrected chi connectivity index (χ0v) is 12.4. The number of nitrogens with one attached hydrogen (secondary N) is 2. The number of hydrogen-bond donors (Lipinski definition) is 2. The Hall–Kier alpha value is -2.44. The van der Waals surface area contributed by atoms with E-state index in [1.165, 1.54) is 0 Å². The van der Waals surface area contributed by atoms with Crippen molar-refractivity contribution < 1.29 is 19.1 Å². The summed E-state index contributed by atoms with van der Waals surface area (Å²) < 4.78 is 10.2. The number of amides is 3. The molecule has 3 rings (SSSR count). The van der Waals surface area contributed by atoms with Crippen LogP contribution in [-0.2, 0) is 4.74 Å². The molecule has 0 unspecified atom stereocenters. The number of carbonyl (C=O) groups is 2. The van der Waals surface area contributed by atoms with Gasteiger partial charge in [0, 0.05) is 19.0 Å². The highest BCUT2D eigenvalue weighted by atomic mass is 16.6. The molecule has 3 amide bonds. The summed E-state index contributed by atoms with van der Waals surface area (Å²) in [5.74, 6) is 0.887. The average Bonchev–Trinajstić information content (AvgIpc) is 2.54. The summed E-state index contributed by atoms with van der Waals surface area (Å²) in [5.41, 5.74) is 0.633. The third kappa shape index (κ3) is 2.93. The van der Waals surface area contributed by atoms with E-state index in [1.54, 1.807) is 24.1 Å². The standard InChI is InChI=1S/C15H19N3O4/c1-21-13-5-3-2-4-11(13)16-14(19)18-7-6-10-9-22-15(20)17-12(10)8-18/h2-5,10,12H,6-9H2,1H3,(H,16,19)(H,17,20)/t10-,12+/m0/s1. The van der Waals surface area contributed by atoms with Crippen molar-refractivity contribution in [3.63, 3.8) is 0 Å². The Kier molecular flexibility index (Phi) is 4.04. The molecule has 7 heteroatoms. The number of fused-ring (bicyclic) bond motifs is 1. The van der Waals surface area contributed by atoms with Crippen LogP contribution in [0.1, 0.15) is 6.42 Å². The Morgan fingerprint density at radius 1 is 1.45 bits per heavy atom. The number of alkyl carbamates (subject to hydrolysis) is 1. The number of anilines is 1. The highest BCUT2D eigenvalue weighted by molar-refractivity contribution is 5.91. The van der Waals surface area contributed by atoms with Crippen LogP contribution in [0.2, 0.25) is 0 Å². The van der Waals surface area contributed by atoms with Crippen molar-refractivity contribution in [3.8, 4) is 5.75 Å². The van der Waals surface area contributed by atoms with Crippen molar-refractivity contribution in [1.82, 2.24) is 10.2 Å². The van der Waals surface area contributed by atoms with Crippen molar-refractivity contribution in [2.75, 3.05) is 32.1 Å². The molecule has 0 saturated carbocycles. The SMILES string of the molecule is COc1ccccc1NC(=O)N1CC[C@H]2COC(=O)N[C@@H]2C1. The lowest BCUT2D eigenvalue weighted by Gasteiger charge is -2.40. The Labute approximate surface area is 128 Å². The van der Waals surface area contributed by atoms with Gasteiger partial charge in [-0.3, -0.25) is 0 Å². The van der Waals surface area contributed by atoms with Gasteiger partial charge in [0.15, 0.2) is 0 Å². The molecular formula is C15H19N3O4. The fraction of sp³-hybridized carbons (Fsp3) is 0.467. The van der Waals surface area contributed by atoms with Crippen LogP contribution in [0.25, 0.3) is 0 Å². The van der Waals surface area contributed by atoms with Crippen LogP contribution in [0.4, 0.5) is 15.3 Å². The Morgan fingerprint density at radius 3 is 3.09 bits per heavy atom. The van der Waals surface area contributed by atoms with Crippen LogP contribution < -0.4 is 15.4 Å². The van der Waals surface area contributed by atoms with E-state index in [0.29, 0.717) is 31.1 Å². The van der Waals surface area contributed by atoms with Crippen LogP contribution in [0.5, 0.6) is 5.75 Å². The summed E-state index contributed by atoms with van der Waals surface area (Å²) in [6.45, 7) is 1.56. The fourth-order valence-electron chi connectivity index (χ4n) is 2.87. The minimum absolute atomic E-state index is 0.0431. The number of likely N-dealkylation sites (tertiary alicyclic amines) is 1. The smallest absolute Gasteiger partial charge is 0.407 e. The highest BCUT2D eigenvalue weighted by Gasteiger charge is 2.36. The molecule has 2 N–H and O–H groups in total. The lowest BCUT2D eigenvalue weighted by atomic mass is 9.92. The van der Waals surface area contributed by atoms with Crippen molar-refractivity contribution in [2.24, 2.45) is 5.92 Å². The lowest BCUT2D eigenvalue weighted by Crippen LogP contribution is -2.58. The number of rotatable bonds is 2. The minimum atomic E-state index is -0.409. The molecule has 1 aromatic rings. The first-order valence-electron chi connectivity index (χ1n) is 7.29. The first kappa shape index (κ1) is 14.5. The van der Waals surface area contributed by atoms with Gasteiger partial charge in [0.1, 0.15) is 5.75 Å². The van der Waals surface area contributed by atoms with Crippen LogP contribution >= 0.6 is 0 Å². The molecule has 2 heterocycles. The van der Waals surface area contributed by atoms with Crippen molar-refractivity contribution in [1.29, 1.82) is 0 Å². The minimum Gasteiger partial charge on any atom is -0.495 e. The summed E-state index contributed by atoms with van der Waals surface area (Å²) >= 11 is 0. The van der Waals surface area contributed by atoms with Gasteiger partial charge in [-0.05, 0) is 18.6 Å². The zero-order valence-electron chi connectivity index (χ0n) is 12.4. The largest absolute Gasteiger partial charge is 0.495 e. The van der Waals surface area contributed by atoms with Crippen molar-refractivity contribution >= 4 is 17.8 Å². The molecule has 1 aromatic carbocycles. The number of methoxy groups -OCH3 is 1. The van der Waals surface area contributed by atoms with E-state index in [0.717, 1.165) is 6.42 Å². The fourth-order valence-corrected chi connectivity index (χ4v) is 2.87. The van der Waals surface area contributed by atoms with Crippen LogP contribution in [0.15, 0.2) is 24.3 Å². The molecule has 7 nitrogen and oxygen atoms in total. The summed E-state index contributed by atoms with van der Waals surface area (Å²) in [6.07, 6.45) is 0.401. The van der Waals surface area contributed by atoms with Crippen LogP contribution in [0.3, 0.4) is 0 Å². The van der Waals surface area contributed by atoms with Gasteiger partial charge in [-0.15, -0.1) is 0 Å². The number of nitrogens with zero attached hydrogens (tertiary/aromatic N) is 1. The quantitative estimate of drug-likeness (QED) is 0.871. The number of cyclic esters (lactones) is 1. The molecule has 2 saturated heterocycles. The molecule has 2 atom stereocenters. The van der Waals surface area contributed by atoms with Gasteiger partial charge in [-0.1, -0.05) is 12.1 Å². The molecule has 22 heavy (non-hydrogen) atoms. The van der Waals surface area contributed by atoms with E-state index < -0.39 is 6.09 Å². The van der Waals surface area contributed by atoms with Gasteiger partial charge in [0.25, 0.3) is 0 Å². The summed E-state index contributed by atoms with van der Waals surface area (Å²) in [7, 11) is 1.56. The van der Waals surface area contributed by atoms with Crippen molar-refractivity contribution in [3.05, 3.63) is 24.3 Å². The summed E-state index contributed by atoms with van der Waals surface area (Å²) in [5, 5.41) is 5.64. The maximum atomic E-state index is 12.4. The summed E-state index contributed by atoms with van der Waals surface area (Å²) in [6, 6.07) is 7.03. The Balaban J connectivity index is 1.64. The van der Waals surface area contributed by atoms with E-state index in [2.05, 4.69) is 10.6 Å². The first-order chi connectivity index (χ1) is 10.7. The Morgan fingerprint density at radius 2 is 2.27 bits per heavy atom. The maximum absolute atomic E-state index is 12.4. The van der Waals surface area contributed by atoms with Gasteiger partial charge >= 0.3 is 12.1 Å². The third-order valence-corrected chi connectivity index (χ3v) is 4.12. The van der Waals surface area contributed by atoms with Gasteiger partial charge in [-0.25, -0.2) is 9.59 Å². The van der Waals surface area contributed by atoms with Gasteiger partial charge < -0.3 is 25.0 Å². The maximum Gasteiger partial charge on any atom is 0.407 e. The predicted molar refractivity (Wildman–Crippen MR) is 80.0 cm³/mol. The number of ether oxygens (including phenoxy) is 2. The van der Waals surface area contributed by atoms with E-state index >= 15 is 0 Å². The summed E-state index contributed by atoms with van der Waals surface area (Å²) in [4.78, 5) is 25.4. The molecule has 0 radical (unpaired) electrons. The molecule has 2 aliphatic heterocycles. The molecule has 2 aliphatic rings. The normalized spacial score (nSPS) is 23.9. The third-order valence-electron chi connectivity index (χ3n) is 4.12. The van der Waals surface area contributed by atoms with E-state index in [9.17, 15) is 9.59 Å². The second kappa shape index (κ2) is 6.13. The topological polar surface area (TPSA) is 79.9 Å². The van der Waals surface area contributed by atoms with Crippen molar-refractivity contribution in [2.45, 2.75) is 12.5 Å². The average molecular weight is 305 g/mol. The molecule has 0 aliphatic carbocycles. The number of para-hydroxylation sites is 2. The van der Waals surface area contributed by atoms with Crippen LogP contribution in [0, 0.1) is 5.92 Å². The molecule has 0 bridgehead atoms. The van der Waals surface area contributed by atoms with Gasteiger partial charge in [-0.2, -0.15) is 0 Å². The van der Waals surface area contributed by atoms with Crippen LogP contribution in [-0.4, -0.2) is 49.9 Å². The number of benzene rings is 1. The Bertz CT molecular complexity index is 578. The van der Waals surface area contributed by atoms with Gasteiger partial charge in [0.05, 0.1) is 25.4 Å². The second-order valence-electron chi connectivity index (χ2n) is 5.47. The first-order valence-corrected chi connectivity index (χ1v) is 7.29. The number of piperidine rings is 1. The predicted octanol–water partition coefficient (Wildman–Crippen LogP) is 1.66. The lowest BCUT2D eigenvalue weighted by molar-refractivity contribution is 0.0493. The van der Waals surface area contributed by atoms with E-state index in [4.69, 9.17) is 9.47 Å². The molecule has 0 spiro atoms. The van der Waals surface area contributed by atoms with Gasteiger partial charge in [0.2, 0.25) is 0 Å². The van der Waals surface area contributed by atoms with E-state index in [1.807, 2.05) is 12.1 Å². The molecule has 118 valence electrons.